The Hall–Kier alpha value is -4.30. The number of hydrogen-bond donors (Lipinski definition) is 0. The number of fused-ring (bicyclic) bond motifs is 9. The average molecular weight is 406 g/mol. The Bertz CT molecular complexity index is 1830. The Morgan fingerprint density at radius 3 is 2.12 bits per heavy atom. The summed E-state index contributed by atoms with van der Waals surface area (Å²) < 4.78 is 0. The van der Waals surface area contributed by atoms with Crippen molar-refractivity contribution in [3.05, 3.63) is 109 Å². The topological polar surface area (TPSA) is 25.8 Å². The average Bonchev–Trinajstić information content (AvgIpc) is 2.88. The molecule has 0 aliphatic rings. The highest BCUT2D eigenvalue weighted by Gasteiger charge is 2.15. The van der Waals surface area contributed by atoms with Gasteiger partial charge in [0.05, 0.1) is 11.0 Å². The zero-order valence-corrected chi connectivity index (χ0v) is 17.3. The lowest BCUT2D eigenvalue weighted by Gasteiger charge is -2.15. The highest BCUT2D eigenvalue weighted by atomic mass is 14.7. The molecule has 0 aliphatic carbocycles. The van der Waals surface area contributed by atoms with Gasteiger partial charge in [-0.3, -0.25) is 9.97 Å². The molecule has 0 saturated carbocycles. The second-order valence-electron chi connectivity index (χ2n) is 8.25. The van der Waals surface area contributed by atoms with Crippen LogP contribution in [-0.4, -0.2) is 9.97 Å². The fraction of sp³-hybridized carbons (Fsp3) is 0. The number of rotatable bonds is 1. The summed E-state index contributed by atoms with van der Waals surface area (Å²) in [6, 6.07) is 34.4. The van der Waals surface area contributed by atoms with Crippen molar-refractivity contribution in [3.8, 4) is 11.1 Å². The largest absolute Gasteiger partial charge is 0.256 e. The summed E-state index contributed by atoms with van der Waals surface area (Å²) in [7, 11) is 0. The molecule has 2 heteroatoms. The molecule has 2 aromatic heterocycles. The minimum absolute atomic E-state index is 1.02. The van der Waals surface area contributed by atoms with Crippen molar-refractivity contribution in [2.75, 3.05) is 0 Å². The number of nitrogens with zero attached hydrogens (tertiary/aromatic N) is 2. The molecular weight excluding hydrogens is 388 g/mol. The van der Waals surface area contributed by atoms with Gasteiger partial charge in [0, 0.05) is 34.1 Å². The quantitative estimate of drug-likeness (QED) is 0.259. The number of para-hydroxylation sites is 1. The first kappa shape index (κ1) is 17.4. The van der Waals surface area contributed by atoms with E-state index in [1.807, 2.05) is 24.5 Å². The minimum atomic E-state index is 1.02. The van der Waals surface area contributed by atoms with E-state index in [2.05, 4.69) is 84.9 Å². The van der Waals surface area contributed by atoms with Gasteiger partial charge in [0.1, 0.15) is 0 Å². The maximum atomic E-state index is 4.77. The highest BCUT2D eigenvalue weighted by Crippen LogP contribution is 2.42. The van der Waals surface area contributed by atoms with Crippen molar-refractivity contribution < 1.29 is 0 Å². The molecule has 2 nitrogen and oxygen atoms in total. The van der Waals surface area contributed by atoms with E-state index in [9.17, 15) is 0 Å². The van der Waals surface area contributed by atoms with Crippen LogP contribution in [0.4, 0.5) is 0 Å². The summed E-state index contributed by atoms with van der Waals surface area (Å²) in [5, 5.41) is 9.77. The van der Waals surface area contributed by atoms with Crippen molar-refractivity contribution in [1.82, 2.24) is 9.97 Å². The third-order valence-electron chi connectivity index (χ3n) is 6.50. The van der Waals surface area contributed by atoms with E-state index in [1.54, 1.807) is 0 Å². The molecule has 0 bridgehead atoms. The Kier molecular flexibility index (Phi) is 3.58. The van der Waals surface area contributed by atoms with Gasteiger partial charge in [-0.25, -0.2) is 0 Å². The molecule has 2 heterocycles. The van der Waals surface area contributed by atoms with Gasteiger partial charge in [0.15, 0.2) is 0 Å². The molecule has 0 N–H and O–H groups in total. The van der Waals surface area contributed by atoms with Gasteiger partial charge in [0.2, 0.25) is 0 Å². The van der Waals surface area contributed by atoms with Gasteiger partial charge in [-0.1, -0.05) is 72.8 Å². The maximum Gasteiger partial charge on any atom is 0.0786 e. The van der Waals surface area contributed by atoms with Gasteiger partial charge >= 0.3 is 0 Å². The summed E-state index contributed by atoms with van der Waals surface area (Å²) in [5.74, 6) is 0. The molecule has 32 heavy (non-hydrogen) atoms. The lowest BCUT2D eigenvalue weighted by Crippen LogP contribution is -1.90. The lowest BCUT2D eigenvalue weighted by molar-refractivity contribution is 1.41. The third-order valence-corrected chi connectivity index (χ3v) is 6.50. The van der Waals surface area contributed by atoms with Gasteiger partial charge in [-0.15, -0.1) is 0 Å². The van der Waals surface area contributed by atoms with Gasteiger partial charge in [-0.05, 0) is 56.8 Å². The van der Waals surface area contributed by atoms with Crippen LogP contribution < -0.4 is 0 Å². The molecule has 7 aromatic rings. The summed E-state index contributed by atoms with van der Waals surface area (Å²) in [5.41, 5.74) is 4.42. The van der Waals surface area contributed by atoms with Gasteiger partial charge < -0.3 is 0 Å². The first-order valence-electron chi connectivity index (χ1n) is 10.8. The van der Waals surface area contributed by atoms with Crippen LogP contribution in [-0.2, 0) is 0 Å². The van der Waals surface area contributed by atoms with Crippen LogP contribution in [0.3, 0.4) is 0 Å². The first-order chi connectivity index (χ1) is 15.9. The predicted octanol–water partition coefficient (Wildman–Crippen LogP) is 7.91. The zero-order chi connectivity index (χ0) is 21.1. The summed E-state index contributed by atoms with van der Waals surface area (Å²) in [6.45, 7) is 0. The van der Waals surface area contributed by atoms with E-state index >= 15 is 0 Å². The zero-order valence-electron chi connectivity index (χ0n) is 17.3. The van der Waals surface area contributed by atoms with Crippen LogP contribution in [0.15, 0.2) is 109 Å². The van der Waals surface area contributed by atoms with Gasteiger partial charge in [-0.2, -0.15) is 0 Å². The number of aromatic nitrogens is 2. The first-order valence-corrected chi connectivity index (χ1v) is 10.8. The predicted molar refractivity (Wildman–Crippen MR) is 135 cm³/mol. The number of benzene rings is 5. The molecule has 0 saturated heterocycles. The second-order valence-corrected chi connectivity index (χ2v) is 8.25. The molecule has 7 rings (SSSR count). The SMILES string of the molecule is c1ccc2ncc(-c3cc4c5ccccc5c5ncccc5c4c4ccccc34)cc2c1. The van der Waals surface area contributed by atoms with E-state index in [0.717, 1.165) is 22.0 Å². The molecule has 0 aliphatic heterocycles. The van der Waals surface area contributed by atoms with Crippen molar-refractivity contribution in [2.24, 2.45) is 0 Å². The smallest absolute Gasteiger partial charge is 0.0786 e. The summed E-state index contributed by atoms with van der Waals surface area (Å²) in [6.07, 6.45) is 3.89. The third kappa shape index (κ3) is 2.41. The summed E-state index contributed by atoms with van der Waals surface area (Å²) >= 11 is 0. The van der Waals surface area contributed by atoms with E-state index in [4.69, 9.17) is 9.97 Å². The summed E-state index contributed by atoms with van der Waals surface area (Å²) in [4.78, 5) is 9.52. The van der Waals surface area contributed by atoms with Crippen molar-refractivity contribution in [2.45, 2.75) is 0 Å². The van der Waals surface area contributed by atoms with E-state index in [1.165, 1.54) is 43.3 Å². The van der Waals surface area contributed by atoms with Crippen LogP contribution in [0.25, 0.3) is 65.3 Å². The molecule has 0 spiro atoms. The Labute approximate surface area is 184 Å². The number of hydrogen-bond acceptors (Lipinski definition) is 2. The monoisotopic (exact) mass is 406 g/mol. The molecule has 0 unspecified atom stereocenters. The molecular formula is C30H18N2. The van der Waals surface area contributed by atoms with E-state index in [0.29, 0.717) is 0 Å². The van der Waals surface area contributed by atoms with Crippen LogP contribution in [0, 0.1) is 0 Å². The maximum absolute atomic E-state index is 4.77. The van der Waals surface area contributed by atoms with Crippen LogP contribution in [0.2, 0.25) is 0 Å². The Morgan fingerprint density at radius 1 is 0.500 bits per heavy atom. The van der Waals surface area contributed by atoms with Gasteiger partial charge in [0.25, 0.3) is 0 Å². The minimum Gasteiger partial charge on any atom is -0.256 e. The fourth-order valence-electron chi connectivity index (χ4n) is 5.08. The van der Waals surface area contributed by atoms with Crippen LogP contribution >= 0.6 is 0 Å². The Morgan fingerprint density at radius 2 is 1.22 bits per heavy atom. The molecule has 0 amide bonds. The van der Waals surface area contributed by atoms with Crippen LogP contribution in [0.5, 0.6) is 0 Å². The van der Waals surface area contributed by atoms with E-state index < -0.39 is 0 Å². The second kappa shape index (κ2) is 6.60. The Balaban J connectivity index is 1.72. The molecule has 148 valence electrons. The molecule has 5 aromatic carbocycles. The van der Waals surface area contributed by atoms with Crippen molar-refractivity contribution in [3.63, 3.8) is 0 Å². The van der Waals surface area contributed by atoms with Crippen LogP contribution in [0.1, 0.15) is 0 Å². The normalized spacial score (nSPS) is 11.8. The molecule has 0 fully saturated rings. The standard InChI is InChI=1S/C30H18N2/c1-6-14-28-19(8-1)16-20(18-32-28)26-17-27-22-10-3-5-12-24(22)30-25(13-7-15-31-30)29(27)23-11-4-2-9-21(23)26/h1-18H. The molecule has 0 radical (unpaired) electrons. The number of pyridine rings is 2. The molecule has 0 atom stereocenters. The fourth-order valence-corrected chi connectivity index (χ4v) is 5.08. The van der Waals surface area contributed by atoms with Crippen molar-refractivity contribution >= 4 is 54.1 Å². The van der Waals surface area contributed by atoms with Crippen molar-refractivity contribution in [1.29, 1.82) is 0 Å². The highest BCUT2D eigenvalue weighted by molar-refractivity contribution is 6.32. The lowest BCUT2D eigenvalue weighted by atomic mass is 9.89. The van der Waals surface area contributed by atoms with E-state index in [-0.39, 0.29) is 0 Å².